The Morgan fingerprint density at radius 1 is 1.62 bits per heavy atom. The number of nitrogens with two attached hydrogens (primary N) is 1. The lowest BCUT2D eigenvalue weighted by atomic mass is 10.2. The lowest BCUT2D eigenvalue weighted by Crippen LogP contribution is -2.36. The van der Waals surface area contributed by atoms with Crippen molar-refractivity contribution in [1.29, 1.82) is 0 Å². The van der Waals surface area contributed by atoms with Gasteiger partial charge in [-0.05, 0) is 24.7 Å². The van der Waals surface area contributed by atoms with Crippen LogP contribution in [-0.2, 0) is 0 Å². The van der Waals surface area contributed by atoms with E-state index in [9.17, 15) is 0 Å². The van der Waals surface area contributed by atoms with Gasteiger partial charge in [-0.15, -0.1) is 0 Å². The molecule has 0 amide bonds. The minimum Gasteiger partial charge on any atom is -0.327 e. The summed E-state index contributed by atoms with van der Waals surface area (Å²) < 4.78 is 0. The van der Waals surface area contributed by atoms with Gasteiger partial charge in [-0.2, -0.15) is 11.8 Å². The molecule has 1 fully saturated rings. The highest BCUT2D eigenvalue weighted by Gasteiger charge is 2.16. The molecule has 3 heteroatoms. The van der Waals surface area contributed by atoms with E-state index in [2.05, 4.69) is 30.2 Å². The first-order chi connectivity index (χ1) is 6.24. The van der Waals surface area contributed by atoms with Gasteiger partial charge in [0, 0.05) is 31.4 Å². The van der Waals surface area contributed by atoms with Crippen LogP contribution in [0.15, 0.2) is 12.2 Å². The number of hydrogen-bond donors (Lipinski definition) is 1. The van der Waals surface area contributed by atoms with Crippen LogP contribution in [0.1, 0.15) is 13.3 Å². The van der Waals surface area contributed by atoms with Crippen molar-refractivity contribution in [3.63, 3.8) is 0 Å². The van der Waals surface area contributed by atoms with Crippen molar-refractivity contribution in [2.24, 2.45) is 5.73 Å². The fourth-order valence-corrected chi connectivity index (χ4v) is 2.60. The van der Waals surface area contributed by atoms with Gasteiger partial charge >= 0.3 is 0 Å². The summed E-state index contributed by atoms with van der Waals surface area (Å²) >= 11 is 2.06. The Labute approximate surface area is 85.6 Å². The lowest BCUT2D eigenvalue weighted by molar-refractivity contribution is 0.239. The third kappa shape index (κ3) is 3.71. The van der Waals surface area contributed by atoms with Gasteiger partial charge in [0.25, 0.3) is 0 Å². The Kier molecular flexibility index (Phi) is 4.84. The number of rotatable bonds is 3. The highest BCUT2D eigenvalue weighted by Crippen LogP contribution is 2.16. The second kappa shape index (κ2) is 5.68. The first kappa shape index (κ1) is 11.1. The summed E-state index contributed by atoms with van der Waals surface area (Å²) in [6.07, 6.45) is 1.29. The van der Waals surface area contributed by atoms with Gasteiger partial charge in [-0.25, -0.2) is 0 Å². The van der Waals surface area contributed by atoms with Crippen LogP contribution in [0.3, 0.4) is 0 Å². The summed E-state index contributed by atoms with van der Waals surface area (Å²) in [5.74, 6) is 2.55. The molecule has 1 saturated heterocycles. The maximum atomic E-state index is 5.54. The molecule has 0 radical (unpaired) electrons. The summed E-state index contributed by atoms with van der Waals surface area (Å²) in [7, 11) is 0. The summed E-state index contributed by atoms with van der Waals surface area (Å²) in [4.78, 5) is 2.50. The smallest absolute Gasteiger partial charge is 0.0205 e. The van der Waals surface area contributed by atoms with Crippen molar-refractivity contribution in [1.82, 2.24) is 4.90 Å². The van der Waals surface area contributed by atoms with Gasteiger partial charge < -0.3 is 5.73 Å². The highest BCUT2D eigenvalue weighted by atomic mass is 32.2. The molecule has 0 aromatic carbocycles. The van der Waals surface area contributed by atoms with E-state index in [0.717, 1.165) is 12.1 Å². The molecule has 76 valence electrons. The Bertz CT molecular complexity index is 170. The minimum absolute atomic E-state index is 0.621. The normalized spacial score (nSPS) is 25.5. The van der Waals surface area contributed by atoms with E-state index in [1.54, 1.807) is 0 Å². The third-order valence-electron chi connectivity index (χ3n) is 2.54. The van der Waals surface area contributed by atoms with Crippen LogP contribution in [0.4, 0.5) is 0 Å². The Hall–Kier alpha value is 0.0100. The molecule has 1 heterocycles. The van der Waals surface area contributed by atoms with Crippen molar-refractivity contribution < 1.29 is 0 Å². The molecule has 0 aromatic rings. The zero-order valence-corrected chi connectivity index (χ0v) is 9.28. The van der Waals surface area contributed by atoms with Crippen LogP contribution in [0.25, 0.3) is 0 Å². The molecular formula is C10H20N2S. The van der Waals surface area contributed by atoms with Crippen molar-refractivity contribution in [3.05, 3.63) is 12.2 Å². The quantitative estimate of drug-likeness (QED) is 0.697. The van der Waals surface area contributed by atoms with E-state index < -0.39 is 0 Å². The van der Waals surface area contributed by atoms with Crippen molar-refractivity contribution in [3.8, 4) is 0 Å². The van der Waals surface area contributed by atoms with Crippen LogP contribution in [0.5, 0.6) is 0 Å². The monoisotopic (exact) mass is 200 g/mol. The molecule has 0 bridgehead atoms. The van der Waals surface area contributed by atoms with E-state index >= 15 is 0 Å². The molecule has 2 N–H and O–H groups in total. The average molecular weight is 200 g/mol. The summed E-state index contributed by atoms with van der Waals surface area (Å²) in [6, 6.07) is 0.693. The Balaban J connectivity index is 2.40. The summed E-state index contributed by atoms with van der Waals surface area (Å²) in [6.45, 7) is 9.05. The zero-order valence-electron chi connectivity index (χ0n) is 8.46. The molecular weight excluding hydrogens is 180 g/mol. The molecule has 1 unspecified atom stereocenters. The highest BCUT2D eigenvalue weighted by molar-refractivity contribution is 7.99. The van der Waals surface area contributed by atoms with Gasteiger partial charge in [0.1, 0.15) is 0 Å². The van der Waals surface area contributed by atoms with E-state index in [1.165, 1.54) is 24.5 Å². The molecule has 13 heavy (non-hydrogen) atoms. The van der Waals surface area contributed by atoms with Crippen LogP contribution < -0.4 is 5.73 Å². The zero-order chi connectivity index (χ0) is 9.68. The molecule has 0 aromatic heterocycles. The Morgan fingerprint density at radius 3 is 3.08 bits per heavy atom. The second-order valence-corrected chi connectivity index (χ2v) is 4.90. The van der Waals surface area contributed by atoms with E-state index in [4.69, 9.17) is 5.73 Å². The molecule has 1 aliphatic heterocycles. The predicted molar refractivity (Wildman–Crippen MR) is 61.2 cm³/mol. The summed E-state index contributed by atoms with van der Waals surface area (Å²) in [5.41, 5.74) is 6.69. The molecule has 2 nitrogen and oxygen atoms in total. The number of hydrogen-bond acceptors (Lipinski definition) is 3. The molecule has 1 atom stereocenters. The van der Waals surface area contributed by atoms with Crippen LogP contribution >= 0.6 is 11.8 Å². The number of nitrogens with zero attached hydrogens (tertiary/aromatic N) is 1. The van der Waals surface area contributed by atoms with Gasteiger partial charge in [0.15, 0.2) is 0 Å². The predicted octanol–water partition coefficient (Wildman–Crippen LogP) is 1.33. The second-order valence-electron chi connectivity index (χ2n) is 3.67. The van der Waals surface area contributed by atoms with E-state index in [0.29, 0.717) is 12.6 Å². The van der Waals surface area contributed by atoms with Crippen LogP contribution in [0.2, 0.25) is 0 Å². The largest absolute Gasteiger partial charge is 0.327 e. The van der Waals surface area contributed by atoms with E-state index in [-0.39, 0.29) is 0 Å². The fourth-order valence-electron chi connectivity index (χ4n) is 1.53. The van der Waals surface area contributed by atoms with Gasteiger partial charge in [0.05, 0.1) is 0 Å². The first-order valence-electron chi connectivity index (χ1n) is 4.92. The van der Waals surface area contributed by atoms with Gasteiger partial charge in [-0.1, -0.05) is 6.58 Å². The first-order valence-corrected chi connectivity index (χ1v) is 6.08. The Morgan fingerprint density at radius 2 is 2.38 bits per heavy atom. The van der Waals surface area contributed by atoms with Crippen LogP contribution in [0, 0.1) is 0 Å². The molecule has 0 spiro atoms. The average Bonchev–Trinajstić information content (AvgIpc) is 2.32. The van der Waals surface area contributed by atoms with Crippen molar-refractivity contribution >= 4 is 11.8 Å². The van der Waals surface area contributed by atoms with Gasteiger partial charge in [0.2, 0.25) is 0 Å². The molecule has 0 aliphatic carbocycles. The molecule has 1 aliphatic rings. The van der Waals surface area contributed by atoms with Crippen molar-refractivity contribution in [2.75, 3.05) is 31.1 Å². The van der Waals surface area contributed by atoms with Gasteiger partial charge in [-0.3, -0.25) is 4.90 Å². The summed E-state index contributed by atoms with van der Waals surface area (Å²) in [5, 5.41) is 0. The maximum Gasteiger partial charge on any atom is 0.0205 e. The standard InChI is InChI=1S/C10H20N2S/c1-9(7-11)8-12-4-6-13-5-3-10(12)2/h10H,1,3-8,11H2,2H3. The third-order valence-corrected chi connectivity index (χ3v) is 3.54. The van der Waals surface area contributed by atoms with E-state index in [1.807, 2.05) is 0 Å². The fraction of sp³-hybridized carbons (Fsp3) is 0.800. The SMILES string of the molecule is C=C(CN)CN1CCSCCC1C. The lowest BCUT2D eigenvalue weighted by Gasteiger charge is -2.26. The number of thioether (sulfide) groups is 1. The van der Waals surface area contributed by atoms with Crippen LogP contribution in [-0.4, -0.2) is 42.1 Å². The van der Waals surface area contributed by atoms with Crippen molar-refractivity contribution in [2.45, 2.75) is 19.4 Å². The maximum absolute atomic E-state index is 5.54. The minimum atomic E-state index is 0.621. The molecule has 1 rings (SSSR count). The topological polar surface area (TPSA) is 29.3 Å². The molecule has 0 saturated carbocycles.